The number of para-hydroxylation sites is 2. The van der Waals surface area contributed by atoms with E-state index in [1.54, 1.807) is 19.2 Å². The minimum atomic E-state index is -0.184. The molecule has 5 rings (SSSR count). The fourth-order valence-corrected chi connectivity index (χ4v) is 5.59. The standard InChI is InChI=1S/C22H21NO3/c1-26-18-10-6-5-9-17(18)23-21(24)19-14-11-15(13-7-3-2-4-8-13)16(12-14)20(19)22(23)25/h2-10,14-16,19-20H,11-12H2,1H3/t14-,15-,16-,19-,20+/m1/s1. The molecule has 1 saturated heterocycles. The van der Waals surface area contributed by atoms with Crippen LogP contribution in [0.25, 0.3) is 0 Å². The first-order valence-electron chi connectivity index (χ1n) is 9.26. The molecule has 1 aliphatic heterocycles. The molecule has 0 unspecified atom stereocenters. The van der Waals surface area contributed by atoms with E-state index < -0.39 is 0 Å². The van der Waals surface area contributed by atoms with E-state index in [0.717, 1.165) is 12.8 Å². The maximum Gasteiger partial charge on any atom is 0.238 e. The molecular weight excluding hydrogens is 326 g/mol. The molecule has 0 spiro atoms. The molecule has 26 heavy (non-hydrogen) atoms. The fourth-order valence-electron chi connectivity index (χ4n) is 5.59. The van der Waals surface area contributed by atoms with Gasteiger partial charge in [-0.2, -0.15) is 0 Å². The van der Waals surface area contributed by atoms with Crippen LogP contribution in [0.15, 0.2) is 54.6 Å². The number of hydrogen-bond donors (Lipinski definition) is 0. The number of fused-ring (bicyclic) bond motifs is 5. The molecule has 2 aromatic rings. The number of benzene rings is 2. The van der Waals surface area contributed by atoms with Gasteiger partial charge in [-0.25, -0.2) is 4.90 Å². The lowest BCUT2D eigenvalue weighted by Crippen LogP contribution is -2.33. The van der Waals surface area contributed by atoms with Crippen molar-refractivity contribution < 1.29 is 14.3 Å². The van der Waals surface area contributed by atoms with Gasteiger partial charge in [0.1, 0.15) is 5.75 Å². The lowest BCUT2D eigenvalue weighted by Gasteiger charge is -2.28. The lowest BCUT2D eigenvalue weighted by atomic mass is 9.73. The second-order valence-electron chi connectivity index (χ2n) is 7.65. The molecule has 4 heteroatoms. The average Bonchev–Trinajstić information content (AvgIpc) is 3.34. The number of ether oxygens (including phenoxy) is 1. The molecule has 0 radical (unpaired) electrons. The van der Waals surface area contributed by atoms with E-state index in [2.05, 4.69) is 24.3 Å². The molecule has 5 atom stereocenters. The van der Waals surface area contributed by atoms with Crippen LogP contribution < -0.4 is 9.64 Å². The second-order valence-corrected chi connectivity index (χ2v) is 7.65. The predicted octanol–water partition coefficient (Wildman–Crippen LogP) is 3.62. The number of carbonyl (C=O) groups excluding carboxylic acids is 2. The fraction of sp³-hybridized carbons (Fsp3) is 0.364. The van der Waals surface area contributed by atoms with Crippen LogP contribution in [0.4, 0.5) is 5.69 Å². The zero-order valence-electron chi connectivity index (χ0n) is 14.7. The Morgan fingerprint density at radius 3 is 2.35 bits per heavy atom. The number of nitrogens with zero attached hydrogens (tertiary/aromatic N) is 1. The molecule has 0 aromatic heterocycles. The van der Waals surface area contributed by atoms with Crippen LogP contribution in [0.2, 0.25) is 0 Å². The Balaban J connectivity index is 1.51. The summed E-state index contributed by atoms with van der Waals surface area (Å²) in [7, 11) is 1.57. The minimum Gasteiger partial charge on any atom is -0.495 e. The average molecular weight is 347 g/mol. The monoisotopic (exact) mass is 347 g/mol. The summed E-state index contributed by atoms with van der Waals surface area (Å²) < 4.78 is 5.39. The van der Waals surface area contributed by atoms with Crippen LogP contribution >= 0.6 is 0 Å². The third kappa shape index (κ3) is 2.02. The topological polar surface area (TPSA) is 46.6 Å². The van der Waals surface area contributed by atoms with Gasteiger partial charge in [-0.1, -0.05) is 42.5 Å². The number of anilines is 1. The maximum atomic E-state index is 13.3. The molecule has 2 aromatic carbocycles. The Bertz CT molecular complexity index is 878. The van der Waals surface area contributed by atoms with Gasteiger partial charge in [-0.3, -0.25) is 9.59 Å². The Hall–Kier alpha value is -2.62. The van der Waals surface area contributed by atoms with Gasteiger partial charge in [0.15, 0.2) is 0 Å². The summed E-state index contributed by atoms with van der Waals surface area (Å²) in [5, 5.41) is 0. The first-order chi connectivity index (χ1) is 12.7. The van der Waals surface area contributed by atoms with Crippen LogP contribution in [0.1, 0.15) is 24.3 Å². The Kier molecular flexibility index (Phi) is 3.42. The van der Waals surface area contributed by atoms with Crippen molar-refractivity contribution in [2.75, 3.05) is 12.0 Å². The summed E-state index contributed by atoms with van der Waals surface area (Å²) in [5.41, 5.74) is 1.88. The summed E-state index contributed by atoms with van der Waals surface area (Å²) >= 11 is 0. The van der Waals surface area contributed by atoms with Gasteiger partial charge in [0.2, 0.25) is 11.8 Å². The van der Waals surface area contributed by atoms with Crippen molar-refractivity contribution in [2.24, 2.45) is 23.7 Å². The van der Waals surface area contributed by atoms with Crippen molar-refractivity contribution in [3.05, 3.63) is 60.2 Å². The van der Waals surface area contributed by atoms with Crippen LogP contribution in [-0.4, -0.2) is 18.9 Å². The van der Waals surface area contributed by atoms with E-state index in [1.165, 1.54) is 10.5 Å². The van der Waals surface area contributed by atoms with Gasteiger partial charge >= 0.3 is 0 Å². The third-order valence-corrected chi connectivity index (χ3v) is 6.57. The van der Waals surface area contributed by atoms with Gasteiger partial charge in [-0.05, 0) is 48.3 Å². The molecule has 4 nitrogen and oxygen atoms in total. The van der Waals surface area contributed by atoms with E-state index in [4.69, 9.17) is 4.74 Å². The number of amides is 2. The van der Waals surface area contributed by atoms with E-state index in [-0.39, 0.29) is 29.6 Å². The smallest absolute Gasteiger partial charge is 0.238 e. The Morgan fingerprint density at radius 1 is 0.885 bits per heavy atom. The molecule has 2 amide bonds. The minimum absolute atomic E-state index is 0.0384. The lowest BCUT2D eigenvalue weighted by molar-refractivity contribution is -0.123. The summed E-state index contributed by atoms with van der Waals surface area (Å²) in [6, 6.07) is 17.7. The Morgan fingerprint density at radius 2 is 1.58 bits per heavy atom. The van der Waals surface area contributed by atoms with Gasteiger partial charge in [0, 0.05) is 0 Å². The molecule has 2 bridgehead atoms. The first kappa shape index (κ1) is 15.6. The predicted molar refractivity (Wildman–Crippen MR) is 97.9 cm³/mol. The zero-order chi connectivity index (χ0) is 17.8. The molecule has 132 valence electrons. The SMILES string of the molecule is COc1ccccc1N1C(=O)[C@@H]2[C@H]3C[C@@H]([C@@H]2C1=O)[C@@H](c1ccccc1)C3. The van der Waals surface area contributed by atoms with Crippen molar-refractivity contribution in [3.63, 3.8) is 0 Å². The summed E-state index contributed by atoms with van der Waals surface area (Å²) in [6.45, 7) is 0. The number of carbonyl (C=O) groups is 2. The molecule has 0 N–H and O–H groups in total. The quantitative estimate of drug-likeness (QED) is 0.797. The van der Waals surface area contributed by atoms with E-state index in [0.29, 0.717) is 23.3 Å². The van der Waals surface area contributed by atoms with Crippen LogP contribution in [0.3, 0.4) is 0 Å². The highest BCUT2D eigenvalue weighted by Gasteiger charge is 2.64. The maximum absolute atomic E-state index is 13.3. The molecule has 3 fully saturated rings. The second kappa shape index (κ2) is 5.70. The summed E-state index contributed by atoms with van der Waals surface area (Å²) in [6.07, 6.45) is 2.00. The zero-order valence-corrected chi connectivity index (χ0v) is 14.7. The number of methoxy groups -OCH3 is 1. The molecule has 2 aliphatic carbocycles. The first-order valence-corrected chi connectivity index (χ1v) is 9.26. The summed E-state index contributed by atoms with van der Waals surface area (Å²) in [4.78, 5) is 27.8. The van der Waals surface area contributed by atoms with E-state index in [1.807, 2.05) is 18.2 Å². The number of hydrogen-bond acceptors (Lipinski definition) is 3. The highest BCUT2D eigenvalue weighted by molar-refractivity contribution is 6.23. The molecule has 2 saturated carbocycles. The van der Waals surface area contributed by atoms with Crippen molar-refractivity contribution in [2.45, 2.75) is 18.8 Å². The van der Waals surface area contributed by atoms with Crippen molar-refractivity contribution in [1.29, 1.82) is 0 Å². The van der Waals surface area contributed by atoms with E-state index in [9.17, 15) is 9.59 Å². The third-order valence-electron chi connectivity index (χ3n) is 6.57. The Labute approximate surface area is 152 Å². The van der Waals surface area contributed by atoms with Gasteiger partial charge in [-0.15, -0.1) is 0 Å². The number of imide groups is 1. The van der Waals surface area contributed by atoms with Gasteiger partial charge < -0.3 is 4.74 Å². The van der Waals surface area contributed by atoms with E-state index >= 15 is 0 Å². The molecule has 3 aliphatic rings. The largest absolute Gasteiger partial charge is 0.495 e. The van der Waals surface area contributed by atoms with Gasteiger partial charge in [0.25, 0.3) is 0 Å². The normalized spacial score (nSPS) is 32.2. The van der Waals surface area contributed by atoms with Crippen molar-refractivity contribution in [1.82, 2.24) is 0 Å². The molecular formula is C22H21NO3. The number of rotatable bonds is 3. The van der Waals surface area contributed by atoms with Gasteiger partial charge in [0.05, 0.1) is 24.6 Å². The van der Waals surface area contributed by atoms with Crippen LogP contribution in [0, 0.1) is 23.7 Å². The highest BCUT2D eigenvalue weighted by Crippen LogP contribution is 2.62. The summed E-state index contributed by atoms with van der Waals surface area (Å²) in [5.74, 6) is 1.11. The molecule has 1 heterocycles. The van der Waals surface area contributed by atoms with Crippen molar-refractivity contribution in [3.8, 4) is 5.75 Å². The van der Waals surface area contributed by atoms with Crippen LogP contribution in [-0.2, 0) is 9.59 Å². The van der Waals surface area contributed by atoms with Crippen molar-refractivity contribution >= 4 is 17.5 Å². The highest BCUT2D eigenvalue weighted by atomic mass is 16.5. The van der Waals surface area contributed by atoms with Crippen LogP contribution in [0.5, 0.6) is 5.75 Å².